The zero-order valence-electron chi connectivity index (χ0n) is 14.8. The van der Waals surface area contributed by atoms with Crippen molar-refractivity contribution < 1.29 is 0 Å². The third-order valence-electron chi connectivity index (χ3n) is 4.28. The SMILES string of the molecule is CCN(CC)c1ccc([Si]c2ccc(N(CC)CC)cc2)cc1. The maximum atomic E-state index is 2.38. The van der Waals surface area contributed by atoms with Crippen molar-refractivity contribution in [2.45, 2.75) is 27.7 Å². The molecule has 2 aromatic carbocycles. The molecule has 0 spiro atoms. The third kappa shape index (κ3) is 4.61. The molecule has 0 aliphatic carbocycles. The third-order valence-corrected chi connectivity index (χ3v) is 5.52. The van der Waals surface area contributed by atoms with E-state index in [0.29, 0.717) is 0 Å². The summed E-state index contributed by atoms with van der Waals surface area (Å²) in [6.45, 7) is 13.1. The summed E-state index contributed by atoms with van der Waals surface area (Å²) in [5.74, 6) is 0. The Balaban J connectivity index is 2.04. The van der Waals surface area contributed by atoms with Gasteiger partial charge in [0.1, 0.15) is 9.52 Å². The van der Waals surface area contributed by atoms with E-state index in [2.05, 4.69) is 86.0 Å². The van der Waals surface area contributed by atoms with Crippen molar-refractivity contribution in [3.05, 3.63) is 48.5 Å². The summed E-state index contributed by atoms with van der Waals surface area (Å²) in [6, 6.07) is 18.1. The van der Waals surface area contributed by atoms with Crippen molar-refractivity contribution in [1.29, 1.82) is 0 Å². The number of rotatable bonds is 8. The summed E-state index contributed by atoms with van der Waals surface area (Å²) < 4.78 is 0. The van der Waals surface area contributed by atoms with Gasteiger partial charge in [-0.15, -0.1) is 0 Å². The van der Waals surface area contributed by atoms with Gasteiger partial charge in [0, 0.05) is 37.6 Å². The molecule has 0 aliphatic rings. The van der Waals surface area contributed by atoms with Crippen LogP contribution in [0, 0.1) is 0 Å². The van der Waals surface area contributed by atoms with Crippen molar-refractivity contribution in [3.63, 3.8) is 0 Å². The van der Waals surface area contributed by atoms with E-state index in [1.54, 1.807) is 0 Å². The van der Waals surface area contributed by atoms with Gasteiger partial charge in [0.15, 0.2) is 0 Å². The van der Waals surface area contributed by atoms with E-state index in [9.17, 15) is 0 Å². The highest BCUT2D eigenvalue weighted by Crippen LogP contribution is 2.12. The molecular formula is C20H28N2Si. The zero-order chi connectivity index (χ0) is 16.7. The fraction of sp³-hybridized carbons (Fsp3) is 0.400. The van der Waals surface area contributed by atoms with Gasteiger partial charge >= 0.3 is 0 Å². The lowest BCUT2D eigenvalue weighted by Gasteiger charge is -2.21. The van der Waals surface area contributed by atoms with Crippen molar-refractivity contribution in [3.8, 4) is 0 Å². The second-order valence-electron chi connectivity index (χ2n) is 5.56. The highest BCUT2D eigenvalue weighted by Gasteiger charge is 2.05. The maximum absolute atomic E-state index is 2.38. The quantitative estimate of drug-likeness (QED) is 0.689. The Hall–Kier alpha value is -1.74. The first-order valence-electron chi connectivity index (χ1n) is 8.68. The fourth-order valence-corrected chi connectivity index (χ4v) is 3.86. The molecule has 0 saturated carbocycles. The summed E-state index contributed by atoms with van der Waals surface area (Å²) in [5.41, 5.74) is 2.64. The minimum atomic E-state index is 0.722. The fourth-order valence-electron chi connectivity index (χ4n) is 2.86. The van der Waals surface area contributed by atoms with E-state index < -0.39 is 0 Å². The van der Waals surface area contributed by atoms with Gasteiger partial charge in [-0.25, -0.2) is 0 Å². The summed E-state index contributed by atoms with van der Waals surface area (Å²) in [6.07, 6.45) is 0. The second kappa shape index (κ2) is 8.78. The van der Waals surface area contributed by atoms with E-state index in [1.165, 1.54) is 21.7 Å². The van der Waals surface area contributed by atoms with Crippen molar-refractivity contribution in [2.75, 3.05) is 36.0 Å². The van der Waals surface area contributed by atoms with Crippen LogP contribution in [0.5, 0.6) is 0 Å². The van der Waals surface area contributed by atoms with Crippen LogP contribution in [0.1, 0.15) is 27.7 Å². The molecule has 3 heteroatoms. The molecule has 122 valence electrons. The Kier molecular flexibility index (Phi) is 6.72. The van der Waals surface area contributed by atoms with Gasteiger partial charge in [-0.3, -0.25) is 0 Å². The molecule has 0 bridgehead atoms. The summed E-state index contributed by atoms with van der Waals surface area (Å²) in [4.78, 5) is 4.76. The number of anilines is 2. The van der Waals surface area contributed by atoms with Gasteiger partial charge in [0.25, 0.3) is 0 Å². The highest BCUT2D eigenvalue weighted by molar-refractivity contribution is 6.67. The zero-order valence-corrected chi connectivity index (χ0v) is 15.8. The predicted octanol–water partition coefficient (Wildman–Crippen LogP) is 3.03. The summed E-state index contributed by atoms with van der Waals surface area (Å²) in [5, 5.41) is 2.80. The maximum Gasteiger partial charge on any atom is 0.121 e. The highest BCUT2D eigenvalue weighted by atomic mass is 28.2. The molecule has 2 aromatic rings. The molecule has 0 amide bonds. The summed E-state index contributed by atoms with van der Waals surface area (Å²) >= 11 is 0. The molecule has 0 N–H and O–H groups in total. The lowest BCUT2D eigenvalue weighted by atomic mass is 10.3. The molecule has 0 aromatic heterocycles. The number of benzene rings is 2. The van der Waals surface area contributed by atoms with Crippen molar-refractivity contribution in [1.82, 2.24) is 0 Å². The minimum Gasteiger partial charge on any atom is -0.372 e. The summed E-state index contributed by atoms with van der Waals surface area (Å²) in [7, 11) is 0.722. The smallest absolute Gasteiger partial charge is 0.121 e. The number of nitrogens with zero attached hydrogens (tertiary/aromatic N) is 2. The van der Waals surface area contributed by atoms with Gasteiger partial charge in [-0.2, -0.15) is 0 Å². The van der Waals surface area contributed by atoms with Crippen LogP contribution in [0.4, 0.5) is 11.4 Å². The molecular weight excluding hydrogens is 296 g/mol. The van der Waals surface area contributed by atoms with E-state index in [1.807, 2.05) is 0 Å². The average molecular weight is 325 g/mol. The van der Waals surface area contributed by atoms with Crippen LogP contribution in [0.3, 0.4) is 0 Å². The average Bonchev–Trinajstić information content (AvgIpc) is 2.60. The van der Waals surface area contributed by atoms with Crippen LogP contribution in [-0.2, 0) is 0 Å². The first-order chi connectivity index (χ1) is 11.2. The van der Waals surface area contributed by atoms with E-state index in [4.69, 9.17) is 0 Å². The molecule has 0 atom stereocenters. The Morgan fingerprint density at radius 1 is 0.565 bits per heavy atom. The van der Waals surface area contributed by atoms with Crippen LogP contribution < -0.4 is 20.2 Å². The molecule has 23 heavy (non-hydrogen) atoms. The van der Waals surface area contributed by atoms with E-state index >= 15 is 0 Å². The van der Waals surface area contributed by atoms with Gasteiger partial charge < -0.3 is 9.80 Å². The molecule has 2 rings (SSSR count). The standard InChI is InChI=1S/C20H28N2Si/c1-5-21(6-2)17-9-13-19(14-10-17)23-20-15-11-18(12-16-20)22(7-3)8-4/h9-16H,5-8H2,1-4H3. The normalized spacial score (nSPS) is 10.6. The van der Waals surface area contributed by atoms with Gasteiger partial charge in [-0.1, -0.05) is 34.6 Å². The monoisotopic (exact) mass is 324 g/mol. The molecule has 0 unspecified atom stereocenters. The Labute approximate surface area is 144 Å². The van der Waals surface area contributed by atoms with E-state index in [-0.39, 0.29) is 0 Å². The molecule has 0 fully saturated rings. The Morgan fingerprint density at radius 2 is 0.870 bits per heavy atom. The molecule has 0 saturated heterocycles. The number of hydrogen-bond acceptors (Lipinski definition) is 2. The Morgan fingerprint density at radius 3 is 1.13 bits per heavy atom. The first-order valence-corrected chi connectivity index (χ1v) is 9.68. The topological polar surface area (TPSA) is 6.48 Å². The van der Waals surface area contributed by atoms with Crippen LogP contribution in [0.15, 0.2) is 48.5 Å². The van der Waals surface area contributed by atoms with Gasteiger partial charge in [-0.05, 0) is 52.0 Å². The first kappa shape index (κ1) is 17.6. The van der Waals surface area contributed by atoms with E-state index in [0.717, 1.165) is 35.7 Å². The van der Waals surface area contributed by atoms with Crippen LogP contribution in [0.25, 0.3) is 0 Å². The van der Waals surface area contributed by atoms with Gasteiger partial charge in [0.05, 0.1) is 0 Å². The van der Waals surface area contributed by atoms with Crippen molar-refractivity contribution in [2.24, 2.45) is 0 Å². The molecule has 2 nitrogen and oxygen atoms in total. The van der Waals surface area contributed by atoms with Crippen LogP contribution >= 0.6 is 0 Å². The second-order valence-corrected chi connectivity index (χ2v) is 6.97. The lowest BCUT2D eigenvalue weighted by Crippen LogP contribution is -2.28. The van der Waals surface area contributed by atoms with Crippen LogP contribution in [0.2, 0.25) is 0 Å². The predicted molar refractivity (Wildman–Crippen MR) is 105 cm³/mol. The minimum absolute atomic E-state index is 0.722. The van der Waals surface area contributed by atoms with Crippen molar-refractivity contribution >= 4 is 31.3 Å². The van der Waals surface area contributed by atoms with Crippen LogP contribution in [-0.4, -0.2) is 35.7 Å². The molecule has 0 heterocycles. The largest absolute Gasteiger partial charge is 0.372 e. The lowest BCUT2D eigenvalue weighted by molar-refractivity contribution is 0.866. The molecule has 2 radical (unpaired) electrons. The Bertz CT molecular complexity index is 516. The van der Waals surface area contributed by atoms with Gasteiger partial charge in [0.2, 0.25) is 0 Å². The number of hydrogen-bond donors (Lipinski definition) is 0. The molecule has 0 aliphatic heterocycles.